The normalized spacial score (nSPS) is 13.8. The zero-order valence-corrected chi connectivity index (χ0v) is 15.6. The Morgan fingerprint density at radius 3 is 2.88 bits per heavy atom. The molecule has 1 aliphatic carbocycles. The molecule has 6 nitrogen and oxygen atoms in total. The zero-order chi connectivity index (χ0) is 18.1. The summed E-state index contributed by atoms with van der Waals surface area (Å²) in [6.45, 7) is 3.81. The summed E-state index contributed by atoms with van der Waals surface area (Å²) in [6, 6.07) is 6.09. The number of amides is 1. The second-order valence-electron chi connectivity index (χ2n) is 6.55. The third kappa shape index (κ3) is 3.53. The van der Waals surface area contributed by atoms with Crippen molar-refractivity contribution in [2.45, 2.75) is 45.6 Å². The summed E-state index contributed by atoms with van der Waals surface area (Å²) in [7, 11) is 0. The number of aromatic nitrogens is 3. The van der Waals surface area contributed by atoms with Crippen molar-refractivity contribution < 1.29 is 9.32 Å². The second-order valence-corrected chi connectivity index (χ2v) is 7.63. The van der Waals surface area contributed by atoms with Gasteiger partial charge in [0.05, 0.1) is 16.4 Å². The molecule has 3 aromatic rings. The van der Waals surface area contributed by atoms with E-state index in [1.165, 1.54) is 11.3 Å². The average molecular weight is 368 g/mol. The maximum absolute atomic E-state index is 12.3. The third-order valence-corrected chi connectivity index (χ3v) is 5.66. The van der Waals surface area contributed by atoms with Crippen LogP contribution in [-0.2, 0) is 12.8 Å². The van der Waals surface area contributed by atoms with Crippen LogP contribution in [0.4, 0.5) is 0 Å². The number of hydrogen-bond donors (Lipinski definition) is 1. The number of rotatable bonds is 6. The van der Waals surface area contributed by atoms with Crippen molar-refractivity contribution in [3.05, 3.63) is 51.3 Å². The van der Waals surface area contributed by atoms with Crippen LogP contribution in [0, 0.1) is 13.8 Å². The van der Waals surface area contributed by atoms with Gasteiger partial charge in [-0.15, -0.1) is 11.3 Å². The first-order valence-corrected chi connectivity index (χ1v) is 9.57. The van der Waals surface area contributed by atoms with Gasteiger partial charge in [0.15, 0.2) is 0 Å². The number of thiazole rings is 1. The first kappa shape index (κ1) is 16.9. The maximum Gasteiger partial charge on any atom is 0.263 e. The van der Waals surface area contributed by atoms with Crippen molar-refractivity contribution in [3.8, 4) is 11.4 Å². The predicted molar refractivity (Wildman–Crippen MR) is 99.2 cm³/mol. The van der Waals surface area contributed by atoms with Crippen molar-refractivity contribution >= 4 is 17.2 Å². The molecule has 7 heteroatoms. The topological polar surface area (TPSA) is 80.9 Å². The molecular weight excluding hydrogens is 348 g/mol. The molecular formula is C19H20N4O2S. The minimum atomic E-state index is 0.00378. The highest BCUT2D eigenvalue weighted by atomic mass is 32.1. The van der Waals surface area contributed by atoms with Crippen molar-refractivity contribution in [2.75, 3.05) is 0 Å². The lowest BCUT2D eigenvalue weighted by Crippen LogP contribution is -2.25. The van der Waals surface area contributed by atoms with Gasteiger partial charge in [0, 0.05) is 24.2 Å². The van der Waals surface area contributed by atoms with Crippen LogP contribution < -0.4 is 5.32 Å². The Morgan fingerprint density at radius 2 is 2.15 bits per heavy atom. The Labute approximate surface area is 155 Å². The number of hydrogen-bond acceptors (Lipinski definition) is 6. The van der Waals surface area contributed by atoms with E-state index in [9.17, 15) is 4.79 Å². The van der Waals surface area contributed by atoms with Gasteiger partial charge in [-0.1, -0.05) is 11.2 Å². The second kappa shape index (κ2) is 6.99. The standard InChI is InChI=1S/C19H20N4O2S/c1-11-18(19(24)22-13-6-7-13)26-16(21-11)9-8-14-12(2)25-23-17(14)15-5-3-4-10-20-15/h3-5,10,13H,6-9H2,1-2H3,(H,22,24). The number of nitrogens with zero attached hydrogens (tertiary/aromatic N) is 3. The minimum Gasteiger partial charge on any atom is -0.361 e. The van der Waals surface area contributed by atoms with Crippen LogP contribution in [0.15, 0.2) is 28.9 Å². The number of nitrogens with one attached hydrogen (secondary N) is 1. The smallest absolute Gasteiger partial charge is 0.263 e. The molecule has 26 heavy (non-hydrogen) atoms. The molecule has 3 aromatic heterocycles. The summed E-state index contributed by atoms with van der Waals surface area (Å²) in [5, 5.41) is 8.16. The lowest BCUT2D eigenvalue weighted by atomic mass is 10.1. The molecule has 134 valence electrons. The van der Waals surface area contributed by atoms with E-state index in [1.807, 2.05) is 32.0 Å². The summed E-state index contributed by atoms with van der Waals surface area (Å²) in [6.07, 6.45) is 5.40. The minimum absolute atomic E-state index is 0.00378. The van der Waals surface area contributed by atoms with Crippen LogP contribution in [0.25, 0.3) is 11.4 Å². The van der Waals surface area contributed by atoms with Crippen LogP contribution in [0.2, 0.25) is 0 Å². The van der Waals surface area contributed by atoms with Gasteiger partial charge in [0.1, 0.15) is 16.3 Å². The monoisotopic (exact) mass is 368 g/mol. The van der Waals surface area contributed by atoms with Gasteiger partial charge in [-0.3, -0.25) is 9.78 Å². The Morgan fingerprint density at radius 1 is 1.31 bits per heavy atom. The Kier molecular flexibility index (Phi) is 4.55. The Bertz CT molecular complexity index is 928. The highest BCUT2D eigenvalue weighted by Gasteiger charge is 2.26. The molecule has 1 amide bonds. The Balaban J connectivity index is 1.50. The van der Waals surface area contributed by atoms with Crippen molar-refractivity contribution in [3.63, 3.8) is 0 Å². The lowest BCUT2D eigenvalue weighted by Gasteiger charge is -2.01. The molecule has 3 heterocycles. The lowest BCUT2D eigenvalue weighted by molar-refractivity contribution is 0.0954. The molecule has 0 saturated heterocycles. The van der Waals surface area contributed by atoms with Crippen LogP contribution in [0.1, 0.15) is 44.5 Å². The molecule has 0 aromatic carbocycles. The van der Waals surface area contributed by atoms with E-state index in [0.717, 1.165) is 64.0 Å². The van der Waals surface area contributed by atoms with Gasteiger partial charge in [-0.2, -0.15) is 0 Å². The average Bonchev–Trinajstić information content (AvgIpc) is 3.26. The van der Waals surface area contributed by atoms with E-state index in [4.69, 9.17) is 4.52 Å². The molecule has 4 rings (SSSR count). The third-order valence-electron chi connectivity index (χ3n) is 4.44. The molecule has 0 aliphatic heterocycles. The highest BCUT2D eigenvalue weighted by Crippen LogP contribution is 2.27. The van der Waals surface area contributed by atoms with E-state index in [0.29, 0.717) is 6.04 Å². The first-order chi connectivity index (χ1) is 12.6. The molecule has 0 unspecified atom stereocenters. The molecule has 1 aliphatic rings. The number of carbonyl (C=O) groups is 1. The van der Waals surface area contributed by atoms with Gasteiger partial charge in [-0.25, -0.2) is 4.98 Å². The fourth-order valence-corrected chi connectivity index (χ4v) is 3.84. The van der Waals surface area contributed by atoms with E-state index in [-0.39, 0.29) is 5.91 Å². The predicted octanol–water partition coefficient (Wildman–Crippen LogP) is 3.49. The maximum atomic E-state index is 12.3. The first-order valence-electron chi connectivity index (χ1n) is 8.75. The molecule has 1 N–H and O–H groups in total. The van der Waals surface area contributed by atoms with Gasteiger partial charge < -0.3 is 9.84 Å². The molecule has 1 fully saturated rings. The molecule has 1 saturated carbocycles. The number of pyridine rings is 1. The fraction of sp³-hybridized carbons (Fsp3) is 0.368. The van der Waals surface area contributed by atoms with Crippen molar-refractivity contribution in [2.24, 2.45) is 0 Å². The van der Waals surface area contributed by atoms with Crippen LogP contribution in [0.5, 0.6) is 0 Å². The van der Waals surface area contributed by atoms with E-state index < -0.39 is 0 Å². The SMILES string of the molecule is Cc1nc(CCc2c(-c3ccccn3)noc2C)sc1C(=O)NC1CC1. The van der Waals surface area contributed by atoms with E-state index in [2.05, 4.69) is 20.4 Å². The zero-order valence-electron chi connectivity index (χ0n) is 14.8. The summed E-state index contributed by atoms with van der Waals surface area (Å²) in [5.41, 5.74) is 3.43. The van der Waals surface area contributed by atoms with Gasteiger partial charge >= 0.3 is 0 Å². The van der Waals surface area contributed by atoms with Crippen LogP contribution in [0.3, 0.4) is 0 Å². The van der Waals surface area contributed by atoms with Gasteiger partial charge in [0.2, 0.25) is 0 Å². The largest absolute Gasteiger partial charge is 0.361 e. The molecule has 0 atom stereocenters. The molecule has 0 bridgehead atoms. The van der Waals surface area contributed by atoms with Gasteiger partial charge in [-0.05, 0) is 45.2 Å². The molecule has 0 spiro atoms. The quantitative estimate of drug-likeness (QED) is 0.720. The van der Waals surface area contributed by atoms with Gasteiger partial charge in [0.25, 0.3) is 5.91 Å². The van der Waals surface area contributed by atoms with Crippen LogP contribution in [-0.4, -0.2) is 27.1 Å². The van der Waals surface area contributed by atoms with E-state index in [1.54, 1.807) is 6.20 Å². The van der Waals surface area contributed by atoms with E-state index >= 15 is 0 Å². The number of carbonyl (C=O) groups excluding carboxylic acids is 1. The highest BCUT2D eigenvalue weighted by molar-refractivity contribution is 7.13. The summed E-state index contributed by atoms with van der Waals surface area (Å²) < 4.78 is 5.39. The summed E-state index contributed by atoms with van der Waals surface area (Å²) in [5.74, 6) is 0.801. The number of aryl methyl sites for hydroxylation is 3. The van der Waals surface area contributed by atoms with Crippen LogP contribution >= 0.6 is 11.3 Å². The summed E-state index contributed by atoms with van der Waals surface area (Å²) in [4.78, 5) is 21.9. The summed E-state index contributed by atoms with van der Waals surface area (Å²) >= 11 is 1.48. The Hall–Kier alpha value is -2.54. The molecule has 0 radical (unpaired) electrons. The van der Waals surface area contributed by atoms with Crippen molar-refractivity contribution in [1.29, 1.82) is 0 Å². The fourth-order valence-electron chi connectivity index (χ4n) is 2.87. The van der Waals surface area contributed by atoms with Crippen molar-refractivity contribution in [1.82, 2.24) is 20.4 Å².